The predicted octanol–water partition coefficient (Wildman–Crippen LogP) is 2.90. The lowest BCUT2D eigenvalue weighted by Gasteiger charge is -2.40. The van der Waals surface area contributed by atoms with E-state index in [9.17, 15) is 5.11 Å². The van der Waals surface area contributed by atoms with Gasteiger partial charge in [0.1, 0.15) is 0 Å². The van der Waals surface area contributed by atoms with Gasteiger partial charge in [0.2, 0.25) is 0 Å². The molecule has 3 fully saturated rings. The topological polar surface area (TPSA) is 23.5 Å². The Morgan fingerprint density at radius 2 is 1.89 bits per heavy atom. The maximum atomic E-state index is 10.2. The highest BCUT2D eigenvalue weighted by molar-refractivity contribution is 4.93. The van der Waals surface area contributed by atoms with Crippen LogP contribution >= 0.6 is 0 Å². The normalized spacial score (nSPS) is 48.0. The van der Waals surface area contributed by atoms with Gasteiger partial charge in [-0.05, 0) is 69.2 Å². The van der Waals surface area contributed by atoms with E-state index in [-0.39, 0.29) is 6.10 Å². The van der Waals surface area contributed by atoms with Gasteiger partial charge in [-0.25, -0.2) is 0 Å². The lowest BCUT2D eigenvalue weighted by Crippen LogP contribution is -2.47. The number of likely N-dealkylation sites (N-methyl/N-ethyl adjacent to an activating group) is 1. The molecule has 1 N–H and O–H groups in total. The van der Waals surface area contributed by atoms with Crippen LogP contribution in [0.2, 0.25) is 0 Å². The number of aliphatic hydroxyl groups is 1. The molecule has 3 rings (SSSR count). The number of rotatable bonds is 3. The van der Waals surface area contributed by atoms with Gasteiger partial charge in [-0.2, -0.15) is 0 Å². The fourth-order valence-electron chi connectivity index (χ4n) is 4.91. The highest BCUT2D eigenvalue weighted by Crippen LogP contribution is 2.48. The maximum Gasteiger partial charge on any atom is 0.0695 e. The Bertz CT molecular complexity index is 293. The third-order valence-electron chi connectivity index (χ3n) is 6.02. The van der Waals surface area contributed by atoms with Crippen molar-refractivity contribution in [3.05, 3.63) is 0 Å². The predicted molar refractivity (Wildman–Crippen MR) is 74.4 cm³/mol. The minimum atomic E-state index is -0.0789. The van der Waals surface area contributed by atoms with E-state index in [0.717, 1.165) is 30.1 Å². The summed E-state index contributed by atoms with van der Waals surface area (Å²) in [5, 5.41) is 10.2. The Balaban J connectivity index is 1.55. The van der Waals surface area contributed by atoms with Gasteiger partial charge in [-0.15, -0.1) is 0 Å². The molecule has 3 aliphatic carbocycles. The molecule has 6 atom stereocenters. The number of nitrogens with zero attached hydrogens (tertiary/aromatic N) is 1. The van der Waals surface area contributed by atoms with Crippen molar-refractivity contribution in [3.63, 3.8) is 0 Å². The molecule has 104 valence electrons. The second-order valence-corrected chi connectivity index (χ2v) is 7.43. The third kappa shape index (κ3) is 2.46. The van der Waals surface area contributed by atoms with E-state index < -0.39 is 0 Å². The van der Waals surface area contributed by atoms with Crippen molar-refractivity contribution in [1.82, 2.24) is 4.90 Å². The van der Waals surface area contributed by atoms with Crippen LogP contribution in [0.3, 0.4) is 0 Å². The summed E-state index contributed by atoms with van der Waals surface area (Å²) >= 11 is 0. The lowest BCUT2D eigenvalue weighted by molar-refractivity contribution is 0.00783. The summed E-state index contributed by atoms with van der Waals surface area (Å²) in [6, 6.07) is 0.424. The average molecular weight is 251 g/mol. The Kier molecular flexibility index (Phi) is 3.68. The molecule has 2 heteroatoms. The van der Waals surface area contributed by atoms with Crippen molar-refractivity contribution < 1.29 is 5.11 Å². The fourth-order valence-corrected chi connectivity index (χ4v) is 4.91. The van der Waals surface area contributed by atoms with Gasteiger partial charge in [0.15, 0.2) is 0 Å². The Labute approximate surface area is 112 Å². The number of aliphatic hydroxyl groups excluding tert-OH is 1. The third-order valence-corrected chi connectivity index (χ3v) is 6.02. The van der Waals surface area contributed by atoms with E-state index >= 15 is 0 Å². The highest BCUT2D eigenvalue weighted by Gasteiger charge is 2.41. The van der Waals surface area contributed by atoms with Gasteiger partial charge in [-0.1, -0.05) is 13.3 Å². The highest BCUT2D eigenvalue weighted by atomic mass is 16.3. The molecule has 0 heterocycles. The zero-order valence-corrected chi connectivity index (χ0v) is 12.0. The van der Waals surface area contributed by atoms with E-state index in [2.05, 4.69) is 18.9 Å². The molecule has 0 radical (unpaired) electrons. The molecule has 0 aromatic heterocycles. The molecule has 18 heavy (non-hydrogen) atoms. The minimum absolute atomic E-state index is 0.0789. The fraction of sp³-hybridized carbons (Fsp3) is 1.00. The SMILES string of the molecule is CC1CCC(O)C(N(C)CC2CC3CCC2C3)C1. The monoisotopic (exact) mass is 251 g/mol. The summed E-state index contributed by atoms with van der Waals surface area (Å²) in [6.45, 7) is 3.57. The molecule has 0 saturated heterocycles. The lowest BCUT2D eigenvalue weighted by atomic mass is 9.83. The first-order valence-electron chi connectivity index (χ1n) is 8.01. The van der Waals surface area contributed by atoms with Crippen molar-refractivity contribution in [2.75, 3.05) is 13.6 Å². The van der Waals surface area contributed by atoms with Gasteiger partial charge >= 0.3 is 0 Å². The van der Waals surface area contributed by atoms with E-state index in [1.54, 1.807) is 0 Å². The van der Waals surface area contributed by atoms with Crippen LogP contribution in [0.1, 0.15) is 51.9 Å². The van der Waals surface area contributed by atoms with Crippen molar-refractivity contribution in [2.45, 2.75) is 64.0 Å². The summed E-state index contributed by atoms with van der Waals surface area (Å²) in [6.07, 6.45) is 9.27. The second-order valence-electron chi connectivity index (χ2n) is 7.43. The maximum absolute atomic E-state index is 10.2. The molecule has 3 aliphatic rings. The Morgan fingerprint density at radius 1 is 1.06 bits per heavy atom. The van der Waals surface area contributed by atoms with Crippen molar-refractivity contribution in [3.8, 4) is 0 Å². The van der Waals surface area contributed by atoms with Crippen LogP contribution in [0.5, 0.6) is 0 Å². The van der Waals surface area contributed by atoms with Crippen LogP contribution in [0, 0.1) is 23.7 Å². The van der Waals surface area contributed by atoms with Gasteiger partial charge in [0, 0.05) is 12.6 Å². The molecule has 0 spiro atoms. The molecule has 6 unspecified atom stereocenters. The van der Waals surface area contributed by atoms with Gasteiger partial charge < -0.3 is 10.0 Å². The molecule has 0 aliphatic heterocycles. The molecular weight excluding hydrogens is 222 g/mol. The molecule has 0 aromatic carbocycles. The summed E-state index contributed by atoms with van der Waals surface area (Å²) in [5.41, 5.74) is 0. The van der Waals surface area contributed by atoms with E-state index in [4.69, 9.17) is 0 Å². The zero-order chi connectivity index (χ0) is 12.7. The Hall–Kier alpha value is -0.0800. The van der Waals surface area contributed by atoms with Crippen LogP contribution in [-0.2, 0) is 0 Å². The standard InChI is InChI=1S/C16H29NO/c1-11-3-6-16(18)15(7-11)17(2)10-14-9-12-4-5-13(14)8-12/h11-16,18H,3-10H2,1-2H3. The summed E-state index contributed by atoms with van der Waals surface area (Å²) in [5.74, 6) is 3.78. The number of fused-ring (bicyclic) bond motifs is 2. The van der Waals surface area contributed by atoms with Crippen LogP contribution in [0.15, 0.2) is 0 Å². The molecular formula is C16H29NO. The largest absolute Gasteiger partial charge is 0.391 e. The van der Waals surface area contributed by atoms with Crippen molar-refractivity contribution in [2.24, 2.45) is 23.7 Å². The minimum Gasteiger partial charge on any atom is -0.391 e. The van der Waals surface area contributed by atoms with Gasteiger partial charge in [-0.3, -0.25) is 0 Å². The quantitative estimate of drug-likeness (QED) is 0.833. The molecule has 2 nitrogen and oxygen atoms in total. The Morgan fingerprint density at radius 3 is 2.56 bits per heavy atom. The summed E-state index contributed by atoms with van der Waals surface area (Å²) < 4.78 is 0. The average Bonchev–Trinajstić information content (AvgIpc) is 2.94. The van der Waals surface area contributed by atoms with E-state index in [1.807, 2.05) is 0 Å². The molecule has 3 saturated carbocycles. The van der Waals surface area contributed by atoms with E-state index in [1.165, 1.54) is 45.1 Å². The smallest absolute Gasteiger partial charge is 0.0695 e. The van der Waals surface area contributed by atoms with Crippen molar-refractivity contribution in [1.29, 1.82) is 0 Å². The molecule has 2 bridgehead atoms. The van der Waals surface area contributed by atoms with Crippen LogP contribution in [-0.4, -0.2) is 35.7 Å². The first-order valence-corrected chi connectivity index (χ1v) is 8.01. The first-order chi connectivity index (χ1) is 8.63. The van der Waals surface area contributed by atoms with E-state index in [0.29, 0.717) is 6.04 Å². The summed E-state index contributed by atoms with van der Waals surface area (Å²) in [4.78, 5) is 2.49. The van der Waals surface area contributed by atoms with Crippen LogP contribution in [0.25, 0.3) is 0 Å². The van der Waals surface area contributed by atoms with Crippen LogP contribution < -0.4 is 0 Å². The zero-order valence-electron chi connectivity index (χ0n) is 12.0. The first kappa shape index (κ1) is 12.9. The number of hydrogen-bond acceptors (Lipinski definition) is 2. The summed E-state index contributed by atoms with van der Waals surface area (Å²) in [7, 11) is 2.25. The van der Waals surface area contributed by atoms with Gasteiger partial charge in [0.05, 0.1) is 6.10 Å². The number of hydrogen-bond donors (Lipinski definition) is 1. The van der Waals surface area contributed by atoms with Gasteiger partial charge in [0.25, 0.3) is 0 Å². The molecule has 0 amide bonds. The van der Waals surface area contributed by atoms with Crippen LogP contribution in [0.4, 0.5) is 0 Å². The molecule has 0 aromatic rings. The second kappa shape index (κ2) is 5.13. The van der Waals surface area contributed by atoms with Crippen molar-refractivity contribution >= 4 is 0 Å².